The Morgan fingerprint density at radius 1 is 1.08 bits per heavy atom. The van der Waals surface area contributed by atoms with Gasteiger partial charge < -0.3 is 14.8 Å². The molecule has 0 radical (unpaired) electrons. The van der Waals surface area contributed by atoms with Crippen LogP contribution in [0.1, 0.15) is 47.1 Å². The average Bonchev–Trinajstić information content (AvgIpc) is 2.48. The van der Waals surface area contributed by atoms with Crippen LogP contribution in [-0.4, -0.2) is 41.0 Å². The van der Waals surface area contributed by atoms with E-state index < -0.39 is 23.4 Å². The molecule has 26 heavy (non-hydrogen) atoms. The van der Waals surface area contributed by atoms with E-state index in [0.717, 1.165) is 11.3 Å². The summed E-state index contributed by atoms with van der Waals surface area (Å²) in [7, 11) is 0. The van der Waals surface area contributed by atoms with Gasteiger partial charge in [-0.3, -0.25) is 0 Å². The number of nitrogens with one attached hydrogen (secondary N) is 2. The highest BCUT2D eigenvalue weighted by Gasteiger charge is 2.33. The number of carbonyl (C=O) groups is 2. The lowest BCUT2D eigenvalue weighted by molar-refractivity contribution is -0.00852. The molecular formula is C19H29N3O4. The van der Waals surface area contributed by atoms with Crippen LogP contribution in [0, 0.1) is 0 Å². The first-order chi connectivity index (χ1) is 11.9. The lowest BCUT2D eigenvalue weighted by Crippen LogP contribution is -2.57. The first-order valence-corrected chi connectivity index (χ1v) is 8.78. The molecule has 1 aromatic rings. The highest BCUT2D eigenvalue weighted by atomic mass is 16.6. The molecule has 2 N–H and O–H groups in total. The first kappa shape index (κ1) is 19.9. The van der Waals surface area contributed by atoms with E-state index in [1.807, 2.05) is 24.3 Å². The molecule has 7 nitrogen and oxygen atoms in total. The molecule has 0 saturated carbocycles. The zero-order valence-electron chi connectivity index (χ0n) is 16.4. The molecule has 1 aromatic carbocycles. The Kier molecular flexibility index (Phi) is 5.68. The van der Waals surface area contributed by atoms with Crippen molar-refractivity contribution >= 4 is 17.9 Å². The van der Waals surface area contributed by atoms with E-state index in [4.69, 9.17) is 9.47 Å². The van der Waals surface area contributed by atoms with Gasteiger partial charge in [-0.15, -0.1) is 0 Å². The molecule has 1 aliphatic rings. The zero-order chi connectivity index (χ0) is 19.5. The van der Waals surface area contributed by atoms with E-state index in [9.17, 15) is 9.59 Å². The van der Waals surface area contributed by atoms with Crippen LogP contribution in [0.25, 0.3) is 0 Å². The molecule has 7 heteroatoms. The molecule has 1 unspecified atom stereocenters. The highest BCUT2D eigenvalue weighted by molar-refractivity contribution is 5.75. The Morgan fingerprint density at radius 3 is 2.31 bits per heavy atom. The number of para-hydroxylation sites is 1. The monoisotopic (exact) mass is 363 g/mol. The van der Waals surface area contributed by atoms with Gasteiger partial charge in [-0.05, 0) is 59.6 Å². The summed E-state index contributed by atoms with van der Waals surface area (Å²) in [6.45, 7) is 11.1. The van der Waals surface area contributed by atoms with Gasteiger partial charge in [0.15, 0.2) is 0 Å². The van der Waals surface area contributed by atoms with E-state index in [1.165, 1.54) is 5.01 Å². The Labute approximate surface area is 155 Å². The minimum Gasteiger partial charge on any atom is -0.443 e. The Balaban J connectivity index is 2.18. The molecule has 0 spiro atoms. The smallest absolute Gasteiger partial charge is 0.429 e. The summed E-state index contributed by atoms with van der Waals surface area (Å²) in [4.78, 5) is 24.9. The normalized spacial score (nSPS) is 16.8. The third kappa shape index (κ3) is 5.82. The van der Waals surface area contributed by atoms with Gasteiger partial charge in [0.2, 0.25) is 0 Å². The van der Waals surface area contributed by atoms with Crippen molar-refractivity contribution < 1.29 is 19.1 Å². The largest absolute Gasteiger partial charge is 0.443 e. The number of amides is 2. The van der Waals surface area contributed by atoms with E-state index in [-0.39, 0.29) is 6.04 Å². The van der Waals surface area contributed by atoms with Crippen molar-refractivity contribution in [2.45, 2.75) is 65.2 Å². The van der Waals surface area contributed by atoms with Gasteiger partial charge in [0, 0.05) is 12.2 Å². The van der Waals surface area contributed by atoms with Gasteiger partial charge in [0.25, 0.3) is 0 Å². The minimum atomic E-state index is -0.692. The molecule has 2 amide bonds. The van der Waals surface area contributed by atoms with Crippen molar-refractivity contribution in [3.05, 3.63) is 29.8 Å². The number of hydrogen-bond donors (Lipinski definition) is 2. The summed E-state index contributed by atoms with van der Waals surface area (Å²) in [6, 6.07) is 7.59. The molecule has 0 bridgehead atoms. The number of carbonyl (C=O) groups excluding carboxylic acids is 2. The minimum absolute atomic E-state index is 0.299. The van der Waals surface area contributed by atoms with Gasteiger partial charge in [0.05, 0.1) is 6.04 Å². The standard InChI is InChI=1S/C19H29N3O4/c1-18(2,3)25-16(23)21-22(17(24)26-19(4,5)6)14-11-13-9-7-8-10-15(13)20-12-14/h7-10,14,20H,11-12H2,1-6H3,(H,21,23). The van der Waals surface area contributed by atoms with Gasteiger partial charge in [-0.1, -0.05) is 18.2 Å². The predicted molar refractivity (Wildman–Crippen MR) is 99.9 cm³/mol. The third-order valence-electron chi connectivity index (χ3n) is 3.57. The molecule has 0 aliphatic carbocycles. The average molecular weight is 363 g/mol. The quantitative estimate of drug-likeness (QED) is 0.744. The third-order valence-corrected chi connectivity index (χ3v) is 3.57. The van der Waals surface area contributed by atoms with Crippen molar-refractivity contribution in [1.29, 1.82) is 0 Å². The predicted octanol–water partition coefficient (Wildman–Crippen LogP) is 3.70. The number of hydrogen-bond acceptors (Lipinski definition) is 5. The van der Waals surface area contributed by atoms with Crippen LogP contribution in [0.15, 0.2) is 24.3 Å². The molecule has 2 rings (SSSR count). The highest BCUT2D eigenvalue weighted by Crippen LogP contribution is 2.24. The fourth-order valence-corrected chi connectivity index (χ4v) is 2.60. The molecule has 1 aliphatic heterocycles. The number of ether oxygens (including phenoxy) is 2. The number of rotatable bonds is 1. The van der Waals surface area contributed by atoms with Crippen molar-refractivity contribution in [3.8, 4) is 0 Å². The Hall–Kier alpha value is -2.44. The molecule has 0 fully saturated rings. The molecule has 0 aromatic heterocycles. The molecular weight excluding hydrogens is 334 g/mol. The van der Waals surface area contributed by atoms with E-state index >= 15 is 0 Å². The summed E-state index contributed by atoms with van der Waals surface area (Å²) in [5.41, 5.74) is 3.32. The van der Waals surface area contributed by atoms with E-state index in [1.54, 1.807) is 41.5 Å². The van der Waals surface area contributed by atoms with Gasteiger partial charge in [0.1, 0.15) is 11.2 Å². The van der Waals surface area contributed by atoms with E-state index in [0.29, 0.717) is 13.0 Å². The molecule has 1 heterocycles. The number of hydrazine groups is 1. The van der Waals surface area contributed by atoms with Gasteiger partial charge in [-0.25, -0.2) is 20.0 Å². The first-order valence-electron chi connectivity index (χ1n) is 8.78. The topological polar surface area (TPSA) is 79.9 Å². The molecule has 1 atom stereocenters. The summed E-state index contributed by atoms with van der Waals surface area (Å²) in [6.07, 6.45) is -0.713. The van der Waals surface area contributed by atoms with Gasteiger partial charge >= 0.3 is 12.2 Å². The Morgan fingerprint density at radius 2 is 1.69 bits per heavy atom. The van der Waals surface area contributed by atoms with Crippen molar-refractivity contribution in [3.63, 3.8) is 0 Å². The molecule has 144 valence electrons. The van der Waals surface area contributed by atoms with Crippen LogP contribution in [0.2, 0.25) is 0 Å². The van der Waals surface area contributed by atoms with Crippen LogP contribution in [0.3, 0.4) is 0 Å². The van der Waals surface area contributed by atoms with Crippen LogP contribution >= 0.6 is 0 Å². The second-order valence-corrected chi connectivity index (χ2v) is 8.36. The van der Waals surface area contributed by atoms with Crippen LogP contribution in [-0.2, 0) is 15.9 Å². The fourth-order valence-electron chi connectivity index (χ4n) is 2.60. The summed E-state index contributed by atoms with van der Waals surface area (Å²) in [5.74, 6) is 0. The number of anilines is 1. The van der Waals surface area contributed by atoms with E-state index in [2.05, 4.69) is 10.7 Å². The summed E-state index contributed by atoms with van der Waals surface area (Å²) in [5, 5.41) is 4.52. The SMILES string of the molecule is CC(C)(C)OC(=O)NN(C(=O)OC(C)(C)C)C1CNc2ccccc2C1. The maximum absolute atomic E-state index is 12.7. The second kappa shape index (κ2) is 7.43. The van der Waals surface area contributed by atoms with Gasteiger partial charge in [-0.2, -0.15) is 0 Å². The number of nitrogens with zero attached hydrogens (tertiary/aromatic N) is 1. The lowest BCUT2D eigenvalue weighted by atomic mass is 9.99. The summed E-state index contributed by atoms with van der Waals surface area (Å²) >= 11 is 0. The second-order valence-electron chi connectivity index (χ2n) is 8.36. The zero-order valence-corrected chi connectivity index (χ0v) is 16.4. The molecule has 0 saturated heterocycles. The van der Waals surface area contributed by atoms with Crippen LogP contribution in [0.5, 0.6) is 0 Å². The summed E-state index contributed by atoms with van der Waals surface area (Å²) < 4.78 is 10.7. The lowest BCUT2D eigenvalue weighted by Gasteiger charge is -2.36. The fraction of sp³-hybridized carbons (Fsp3) is 0.579. The van der Waals surface area contributed by atoms with Crippen molar-refractivity contribution in [2.24, 2.45) is 0 Å². The van der Waals surface area contributed by atoms with Crippen molar-refractivity contribution in [1.82, 2.24) is 10.4 Å². The number of fused-ring (bicyclic) bond motifs is 1. The maximum Gasteiger partial charge on any atom is 0.429 e. The maximum atomic E-state index is 12.7. The Bertz CT molecular complexity index is 661. The number of benzene rings is 1. The van der Waals surface area contributed by atoms with Crippen molar-refractivity contribution in [2.75, 3.05) is 11.9 Å². The van der Waals surface area contributed by atoms with Crippen LogP contribution in [0.4, 0.5) is 15.3 Å². The van der Waals surface area contributed by atoms with Crippen LogP contribution < -0.4 is 10.7 Å².